The third-order valence-corrected chi connectivity index (χ3v) is 5.37. The van der Waals surface area contributed by atoms with Crippen LogP contribution in [0.4, 0.5) is 11.6 Å². The van der Waals surface area contributed by atoms with Crippen molar-refractivity contribution >= 4 is 17.5 Å². The number of pyridine rings is 1. The molecule has 0 spiro atoms. The lowest BCUT2D eigenvalue weighted by molar-refractivity contribution is -0.137. The van der Waals surface area contributed by atoms with Crippen molar-refractivity contribution in [3.63, 3.8) is 0 Å². The Kier molecular flexibility index (Phi) is 4.68. The molecular formula is C19H25N5O. The molecule has 2 fully saturated rings. The minimum absolute atomic E-state index is 0.126. The van der Waals surface area contributed by atoms with Crippen molar-refractivity contribution in [3.05, 3.63) is 36.2 Å². The minimum atomic E-state index is 0.126. The molecule has 1 aliphatic heterocycles. The van der Waals surface area contributed by atoms with E-state index in [9.17, 15) is 4.79 Å². The first kappa shape index (κ1) is 16.1. The summed E-state index contributed by atoms with van der Waals surface area (Å²) in [5, 5.41) is 10.7. The fraction of sp³-hybridized carbons (Fsp3) is 0.526. The molecule has 6 heteroatoms. The molecule has 2 N–H and O–H groups in total. The number of carbonyl (C=O) groups is 1. The summed E-state index contributed by atoms with van der Waals surface area (Å²) in [6.07, 6.45) is 9.58. The summed E-state index contributed by atoms with van der Waals surface area (Å²) in [4.78, 5) is 19.3. The molecule has 1 unspecified atom stereocenters. The molecule has 2 aromatic heterocycles. The zero-order valence-electron chi connectivity index (χ0n) is 14.4. The number of carbonyl (C=O) groups excluding carboxylic acids is 1. The van der Waals surface area contributed by atoms with E-state index in [4.69, 9.17) is 0 Å². The van der Waals surface area contributed by atoms with E-state index in [0.717, 1.165) is 49.6 Å². The third kappa shape index (κ3) is 3.52. The van der Waals surface area contributed by atoms with Gasteiger partial charge in [-0.05, 0) is 37.8 Å². The van der Waals surface area contributed by atoms with Gasteiger partial charge in [-0.2, -0.15) is 5.10 Å². The fourth-order valence-corrected chi connectivity index (χ4v) is 4.08. The molecule has 1 aliphatic carbocycles. The van der Waals surface area contributed by atoms with Crippen LogP contribution in [-0.2, 0) is 4.79 Å². The number of hydrogen-bond acceptors (Lipinski definition) is 4. The Morgan fingerprint density at radius 1 is 1.12 bits per heavy atom. The standard InChI is InChI=1S/C19H25N5O/c25-19(14-7-2-1-3-8-14)24-12-6-9-16(24)15-13-18(23-22-15)21-17-10-4-5-11-20-17/h4-5,10-11,13-14,16H,1-3,6-9,12H2,(H2,20,21,22,23). The van der Waals surface area contributed by atoms with Gasteiger partial charge in [0.1, 0.15) is 5.82 Å². The SMILES string of the molecule is O=C(C1CCCCC1)N1CCCC1c1cc(Nc2ccccn2)n[nH]1. The van der Waals surface area contributed by atoms with E-state index in [2.05, 4.69) is 25.4 Å². The van der Waals surface area contributed by atoms with Crippen LogP contribution in [0.5, 0.6) is 0 Å². The maximum absolute atomic E-state index is 12.9. The number of aromatic amines is 1. The average Bonchev–Trinajstić information content (AvgIpc) is 3.32. The molecule has 1 saturated heterocycles. The van der Waals surface area contributed by atoms with Gasteiger partial charge in [0.25, 0.3) is 0 Å². The Hall–Kier alpha value is -2.37. The van der Waals surface area contributed by atoms with Gasteiger partial charge in [0.2, 0.25) is 5.91 Å². The Bertz CT molecular complexity index is 708. The second-order valence-corrected chi connectivity index (χ2v) is 7.07. The van der Waals surface area contributed by atoms with Crippen molar-refractivity contribution in [2.24, 2.45) is 5.92 Å². The van der Waals surface area contributed by atoms with Gasteiger partial charge >= 0.3 is 0 Å². The molecule has 1 amide bonds. The molecule has 2 aromatic rings. The molecule has 132 valence electrons. The smallest absolute Gasteiger partial charge is 0.226 e. The molecule has 0 radical (unpaired) electrons. The highest BCUT2D eigenvalue weighted by Crippen LogP contribution is 2.35. The van der Waals surface area contributed by atoms with Gasteiger partial charge in [0.05, 0.1) is 11.7 Å². The van der Waals surface area contributed by atoms with Crippen molar-refractivity contribution in [3.8, 4) is 0 Å². The van der Waals surface area contributed by atoms with Gasteiger partial charge in [-0.25, -0.2) is 4.98 Å². The Balaban J connectivity index is 1.46. The predicted octanol–water partition coefficient (Wildman–Crippen LogP) is 3.79. The van der Waals surface area contributed by atoms with Crippen LogP contribution >= 0.6 is 0 Å². The molecule has 0 aromatic carbocycles. The Morgan fingerprint density at radius 3 is 2.80 bits per heavy atom. The van der Waals surface area contributed by atoms with Crippen LogP contribution < -0.4 is 5.32 Å². The van der Waals surface area contributed by atoms with Gasteiger partial charge in [0, 0.05) is 24.7 Å². The highest BCUT2D eigenvalue weighted by atomic mass is 16.2. The molecule has 4 rings (SSSR count). The summed E-state index contributed by atoms with van der Waals surface area (Å²) in [5.41, 5.74) is 1.01. The van der Waals surface area contributed by atoms with Gasteiger partial charge in [-0.3, -0.25) is 9.89 Å². The van der Waals surface area contributed by atoms with Crippen LogP contribution in [0.3, 0.4) is 0 Å². The minimum Gasteiger partial charge on any atom is -0.334 e. The molecule has 1 atom stereocenters. The molecule has 0 bridgehead atoms. The van der Waals surface area contributed by atoms with Crippen LogP contribution in [0.25, 0.3) is 0 Å². The van der Waals surface area contributed by atoms with E-state index in [-0.39, 0.29) is 12.0 Å². The maximum atomic E-state index is 12.9. The third-order valence-electron chi connectivity index (χ3n) is 5.37. The topological polar surface area (TPSA) is 73.9 Å². The first-order chi connectivity index (χ1) is 12.3. The molecule has 6 nitrogen and oxygen atoms in total. The van der Waals surface area contributed by atoms with Crippen molar-refractivity contribution in [1.29, 1.82) is 0 Å². The first-order valence-corrected chi connectivity index (χ1v) is 9.35. The van der Waals surface area contributed by atoms with Gasteiger partial charge in [0.15, 0.2) is 5.82 Å². The second-order valence-electron chi connectivity index (χ2n) is 7.07. The highest BCUT2D eigenvalue weighted by molar-refractivity contribution is 5.79. The van der Waals surface area contributed by atoms with Gasteiger partial charge < -0.3 is 10.2 Å². The molecule has 2 aliphatic rings. The normalized spacial score (nSPS) is 21.4. The summed E-state index contributed by atoms with van der Waals surface area (Å²) < 4.78 is 0. The predicted molar refractivity (Wildman–Crippen MR) is 96.4 cm³/mol. The Morgan fingerprint density at radius 2 is 2.00 bits per heavy atom. The number of hydrogen-bond donors (Lipinski definition) is 2. The number of nitrogens with one attached hydrogen (secondary N) is 2. The fourth-order valence-electron chi connectivity index (χ4n) is 4.08. The highest BCUT2D eigenvalue weighted by Gasteiger charge is 2.35. The Labute approximate surface area is 148 Å². The summed E-state index contributed by atoms with van der Waals surface area (Å²) in [5.74, 6) is 2.08. The van der Waals surface area contributed by atoms with Crippen molar-refractivity contribution < 1.29 is 4.79 Å². The van der Waals surface area contributed by atoms with Crippen LogP contribution in [0, 0.1) is 5.92 Å². The number of nitrogens with zero attached hydrogens (tertiary/aromatic N) is 3. The number of rotatable bonds is 4. The van der Waals surface area contributed by atoms with E-state index in [1.165, 1.54) is 19.3 Å². The van der Waals surface area contributed by atoms with E-state index in [0.29, 0.717) is 5.91 Å². The van der Waals surface area contributed by atoms with Crippen molar-refractivity contribution in [2.75, 3.05) is 11.9 Å². The number of aromatic nitrogens is 3. The maximum Gasteiger partial charge on any atom is 0.226 e. The summed E-state index contributed by atoms with van der Waals surface area (Å²) in [6.45, 7) is 0.863. The number of anilines is 2. The van der Waals surface area contributed by atoms with Gasteiger partial charge in [-0.15, -0.1) is 0 Å². The van der Waals surface area contributed by atoms with Crippen LogP contribution in [0.2, 0.25) is 0 Å². The molecule has 1 saturated carbocycles. The van der Waals surface area contributed by atoms with E-state index in [1.807, 2.05) is 24.3 Å². The van der Waals surface area contributed by atoms with Gasteiger partial charge in [-0.1, -0.05) is 25.3 Å². The number of H-pyrrole nitrogens is 1. The average molecular weight is 339 g/mol. The van der Waals surface area contributed by atoms with Crippen LogP contribution in [0.1, 0.15) is 56.7 Å². The van der Waals surface area contributed by atoms with Crippen LogP contribution in [-0.4, -0.2) is 32.5 Å². The number of amides is 1. The number of likely N-dealkylation sites (tertiary alicyclic amines) is 1. The van der Waals surface area contributed by atoms with E-state index in [1.54, 1.807) is 6.20 Å². The van der Waals surface area contributed by atoms with Crippen LogP contribution in [0.15, 0.2) is 30.5 Å². The van der Waals surface area contributed by atoms with Crippen molar-refractivity contribution in [1.82, 2.24) is 20.1 Å². The first-order valence-electron chi connectivity index (χ1n) is 9.35. The monoisotopic (exact) mass is 339 g/mol. The molecular weight excluding hydrogens is 314 g/mol. The molecule has 25 heavy (non-hydrogen) atoms. The molecule has 3 heterocycles. The lowest BCUT2D eigenvalue weighted by atomic mass is 9.88. The zero-order chi connectivity index (χ0) is 17.1. The largest absolute Gasteiger partial charge is 0.334 e. The summed E-state index contributed by atoms with van der Waals surface area (Å²) >= 11 is 0. The summed E-state index contributed by atoms with van der Waals surface area (Å²) in [6, 6.07) is 7.86. The van der Waals surface area contributed by atoms with Crippen molar-refractivity contribution in [2.45, 2.75) is 51.0 Å². The quantitative estimate of drug-likeness (QED) is 0.889. The lowest BCUT2D eigenvalue weighted by Crippen LogP contribution is -2.36. The summed E-state index contributed by atoms with van der Waals surface area (Å²) in [7, 11) is 0. The van der Waals surface area contributed by atoms with E-state index < -0.39 is 0 Å². The second kappa shape index (κ2) is 7.25. The zero-order valence-corrected chi connectivity index (χ0v) is 14.4. The van der Waals surface area contributed by atoms with E-state index >= 15 is 0 Å². The lowest BCUT2D eigenvalue weighted by Gasteiger charge is -2.30.